The van der Waals surface area contributed by atoms with Crippen LogP contribution in [0.3, 0.4) is 0 Å². The van der Waals surface area contributed by atoms with Gasteiger partial charge in [0.25, 0.3) is 0 Å². The summed E-state index contributed by atoms with van der Waals surface area (Å²) in [7, 11) is 3.50. The molecule has 1 fully saturated rings. The number of hydrogen-bond acceptors (Lipinski definition) is 6. The number of methoxy groups -OCH3 is 1. The van der Waals surface area contributed by atoms with Gasteiger partial charge < -0.3 is 9.64 Å². The highest BCUT2D eigenvalue weighted by Gasteiger charge is 2.23. The Kier molecular flexibility index (Phi) is 6.38. The van der Waals surface area contributed by atoms with Crippen molar-refractivity contribution in [2.75, 3.05) is 33.3 Å². The molecule has 3 aromatic heterocycles. The van der Waals surface area contributed by atoms with E-state index in [0.717, 1.165) is 66.1 Å². The van der Waals surface area contributed by atoms with Gasteiger partial charge in [0, 0.05) is 63.5 Å². The summed E-state index contributed by atoms with van der Waals surface area (Å²) >= 11 is 0. The standard InChI is InChI=1S/C27H32N6O2/c1-18-22(19(2)29-26-24(18)27(35-4)30-31(26)3)10-11-23(34)33-15-13-32(14-16-33)17-21-8-5-7-20-9-6-12-28-25(20)21/h5-9,12H,10-11,13-17H2,1-4H3. The van der Waals surface area contributed by atoms with E-state index in [2.05, 4.69) is 46.2 Å². The van der Waals surface area contributed by atoms with Crippen LogP contribution < -0.4 is 4.74 Å². The lowest BCUT2D eigenvalue weighted by Gasteiger charge is -2.35. The summed E-state index contributed by atoms with van der Waals surface area (Å²) < 4.78 is 7.21. The fourth-order valence-electron chi connectivity index (χ4n) is 5.19. The van der Waals surface area contributed by atoms with Crippen LogP contribution >= 0.6 is 0 Å². The molecule has 8 nitrogen and oxygen atoms in total. The van der Waals surface area contributed by atoms with Gasteiger partial charge in [0.15, 0.2) is 5.65 Å². The van der Waals surface area contributed by atoms with Crippen LogP contribution in [0.5, 0.6) is 5.88 Å². The van der Waals surface area contributed by atoms with Crippen molar-refractivity contribution in [1.29, 1.82) is 0 Å². The molecule has 1 saturated heterocycles. The van der Waals surface area contributed by atoms with Gasteiger partial charge in [-0.25, -0.2) is 9.67 Å². The predicted octanol–water partition coefficient (Wildman–Crippen LogP) is 3.42. The smallest absolute Gasteiger partial charge is 0.242 e. The quantitative estimate of drug-likeness (QED) is 0.428. The van der Waals surface area contributed by atoms with Crippen LogP contribution in [-0.4, -0.2) is 68.7 Å². The van der Waals surface area contributed by atoms with E-state index in [0.29, 0.717) is 18.7 Å². The van der Waals surface area contributed by atoms with Crippen molar-refractivity contribution in [3.8, 4) is 5.88 Å². The second-order valence-corrected chi connectivity index (χ2v) is 9.28. The zero-order valence-corrected chi connectivity index (χ0v) is 20.9. The van der Waals surface area contributed by atoms with Crippen molar-refractivity contribution in [2.45, 2.75) is 33.2 Å². The van der Waals surface area contributed by atoms with E-state index in [-0.39, 0.29) is 5.91 Å². The van der Waals surface area contributed by atoms with Crippen LogP contribution in [0.1, 0.15) is 28.8 Å². The molecule has 4 heterocycles. The second kappa shape index (κ2) is 9.62. The number of carbonyl (C=O) groups excluding carboxylic acids is 1. The number of aryl methyl sites for hydroxylation is 3. The first-order valence-electron chi connectivity index (χ1n) is 12.2. The van der Waals surface area contributed by atoms with E-state index < -0.39 is 0 Å². The minimum Gasteiger partial charge on any atom is -0.479 e. The summed E-state index contributed by atoms with van der Waals surface area (Å²) in [4.78, 5) is 26.8. The summed E-state index contributed by atoms with van der Waals surface area (Å²) in [6, 6.07) is 10.4. The Hall–Kier alpha value is -3.52. The number of aromatic nitrogens is 4. The number of ether oxygens (including phenoxy) is 1. The van der Waals surface area contributed by atoms with E-state index >= 15 is 0 Å². The van der Waals surface area contributed by atoms with Gasteiger partial charge in [-0.05, 0) is 43.0 Å². The Morgan fingerprint density at radius 2 is 1.86 bits per heavy atom. The summed E-state index contributed by atoms with van der Waals surface area (Å²) in [5.74, 6) is 0.783. The normalized spacial score (nSPS) is 14.7. The number of benzene rings is 1. The summed E-state index contributed by atoms with van der Waals surface area (Å²) in [6.07, 6.45) is 2.99. The van der Waals surface area contributed by atoms with Gasteiger partial charge in [-0.1, -0.05) is 24.3 Å². The fourth-order valence-corrected chi connectivity index (χ4v) is 5.19. The molecule has 0 radical (unpaired) electrons. The summed E-state index contributed by atoms with van der Waals surface area (Å²) in [5, 5.41) is 6.52. The third kappa shape index (κ3) is 4.46. The maximum absolute atomic E-state index is 13.1. The second-order valence-electron chi connectivity index (χ2n) is 9.28. The van der Waals surface area contributed by atoms with E-state index in [1.54, 1.807) is 11.8 Å². The number of amides is 1. The molecule has 0 atom stereocenters. The van der Waals surface area contributed by atoms with Crippen LogP contribution in [0.25, 0.3) is 21.9 Å². The maximum atomic E-state index is 13.1. The molecular formula is C27H32N6O2. The first-order chi connectivity index (χ1) is 17.0. The zero-order chi connectivity index (χ0) is 24.5. The Morgan fingerprint density at radius 1 is 1.09 bits per heavy atom. The SMILES string of the molecule is COc1nn(C)c2nc(C)c(CCC(=O)N3CCN(Cc4cccc5cccnc45)CC3)c(C)c12. The number of hydrogen-bond donors (Lipinski definition) is 0. The third-order valence-corrected chi connectivity index (χ3v) is 7.14. The van der Waals surface area contributed by atoms with Gasteiger partial charge in [-0.15, -0.1) is 5.10 Å². The van der Waals surface area contributed by atoms with Crippen molar-refractivity contribution in [3.63, 3.8) is 0 Å². The molecule has 1 aliphatic heterocycles. The Balaban J connectivity index is 1.21. The number of pyridine rings is 2. The monoisotopic (exact) mass is 472 g/mol. The molecule has 0 N–H and O–H groups in total. The van der Waals surface area contributed by atoms with Gasteiger partial charge in [0.1, 0.15) is 0 Å². The minimum atomic E-state index is 0.202. The largest absolute Gasteiger partial charge is 0.479 e. The lowest BCUT2D eigenvalue weighted by Crippen LogP contribution is -2.48. The van der Waals surface area contributed by atoms with Gasteiger partial charge >= 0.3 is 0 Å². The minimum absolute atomic E-state index is 0.202. The molecule has 1 aromatic carbocycles. The molecule has 1 amide bonds. The topological polar surface area (TPSA) is 76.4 Å². The molecule has 0 unspecified atom stereocenters. The lowest BCUT2D eigenvalue weighted by molar-refractivity contribution is -0.133. The van der Waals surface area contributed by atoms with E-state index in [1.807, 2.05) is 31.1 Å². The average molecular weight is 473 g/mol. The number of nitrogens with zero attached hydrogens (tertiary/aromatic N) is 6. The first kappa shape index (κ1) is 23.2. The highest BCUT2D eigenvalue weighted by Crippen LogP contribution is 2.30. The molecule has 4 aromatic rings. The zero-order valence-electron chi connectivity index (χ0n) is 20.9. The third-order valence-electron chi connectivity index (χ3n) is 7.14. The van der Waals surface area contributed by atoms with Crippen LogP contribution in [0.2, 0.25) is 0 Å². The Labute approximate surface area is 205 Å². The van der Waals surface area contributed by atoms with Crippen molar-refractivity contribution < 1.29 is 9.53 Å². The Bertz CT molecular complexity index is 1380. The number of carbonyl (C=O) groups is 1. The van der Waals surface area contributed by atoms with Crippen molar-refractivity contribution in [3.05, 3.63) is 58.9 Å². The van der Waals surface area contributed by atoms with Crippen LogP contribution in [-0.2, 0) is 24.8 Å². The molecule has 0 aliphatic carbocycles. The van der Waals surface area contributed by atoms with Crippen LogP contribution in [0.15, 0.2) is 36.5 Å². The Morgan fingerprint density at radius 3 is 2.63 bits per heavy atom. The molecule has 8 heteroatoms. The van der Waals surface area contributed by atoms with E-state index in [4.69, 9.17) is 9.72 Å². The van der Waals surface area contributed by atoms with E-state index in [9.17, 15) is 4.79 Å². The number of piperazine rings is 1. The number of para-hydroxylation sites is 1. The number of fused-ring (bicyclic) bond motifs is 2. The predicted molar refractivity (Wildman–Crippen MR) is 136 cm³/mol. The highest BCUT2D eigenvalue weighted by atomic mass is 16.5. The fraction of sp³-hybridized carbons (Fsp3) is 0.407. The average Bonchev–Trinajstić information content (AvgIpc) is 3.19. The van der Waals surface area contributed by atoms with Crippen LogP contribution in [0.4, 0.5) is 0 Å². The number of rotatable bonds is 6. The molecule has 35 heavy (non-hydrogen) atoms. The molecule has 0 bridgehead atoms. The lowest BCUT2D eigenvalue weighted by atomic mass is 10.00. The summed E-state index contributed by atoms with van der Waals surface area (Å²) in [6.45, 7) is 8.17. The van der Waals surface area contributed by atoms with Crippen molar-refractivity contribution >= 4 is 27.8 Å². The molecule has 1 aliphatic rings. The van der Waals surface area contributed by atoms with Gasteiger partial charge in [0.05, 0.1) is 18.0 Å². The molecule has 0 saturated carbocycles. The molecule has 5 rings (SSSR count). The molecule has 182 valence electrons. The summed E-state index contributed by atoms with van der Waals surface area (Å²) in [5.41, 5.74) is 6.27. The maximum Gasteiger partial charge on any atom is 0.242 e. The highest BCUT2D eigenvalue weighted by molar-refractivity contribution is 5.86. The molecular weight excluding hydrogens is 440 g/mol. The van der Waals surface area contributed by atoms with Gasteiger partial charge in [-0.3, -0.25) is 14.7 Å². The van der Waals surface area contributed by atoms with E-state index in [1.165, 1.54) is 10.9 Å². The van der Waals surface area contributed by atoms with Crippen molar-refractivity contribution in [1.82, 2.24) is 29.5 Å². The van der Waals surface area contributed by atoms with Crippen molar-refractivity contribution in [2.24, 2.45) is 7.05 Å². The van der Waals surface area contributed by atoms with Crippen LogP contribution in [0, 0.1) is 13.8 Å². The van der Waals surface area contributed by atoms with Gasteiger partial charge in [0.2, 0.25) is 11.8 Å². The first-order valence-corrected chi connectivity index (χ1v) is 12.2. The molecule has 0 spiro atoms. The van der Waals surface area contributed by atoms with Gasteiger partial charge in [-0.2, -0.15) is 0 Å².